The molecular formula is C11H13N3O2S. The standard InChI is InChI=1S/C11H13N3O2S/c1-2-14(8-9-4-3-7-17-9)11(16)10(15)13-6-5-12/h3-4,7H,2,6,8H2,1H3,(H,13,15). The van der Waals surface area contributed by atoms with Gasteiger partial charge in [-0.3, -0.25) is 9.59 Å². The summed E-state index contributed by atoms with van der Waals surface area (Å²) < 4.78 is 0. The second kappa shape index (κ2) is 6.66. The quantitative estimate of drug-likeness (QED) is 0.633. The van der Waals surface area contributed by atoms with Crippen LogP contribution in [0.2, 0.25) is 0 Å². The van der Waals surface area contributed by atoms with Crippen molar-refractivity contribution in [3.05, 3.63) is 22.4 Å². The van der Waals surface area contributed by atoms with Crippen molar-refractivity contribution in [2.75, 3.05) is 13.1 Å². The number of nitriles is 1. The van der Waals surface area contributed by atoms with Crippen LogP contribution in [0.25, 0.3) is 0 Å². The van der Waals surface area contributed by atoms with E-state index < -0.39 is 11.8 Å². The van der Waals surface area contributed by atoms with Gasteiger partial charge in [0.2, 0.25) is 0 Å². The van der Waals surface area contributed by atoms with E-state index in [0.717, 1.165) is 4.88 Å². The summed E-state index contributed by atoms with van der Waals surface area (Å²) >= 11 is 1.54. The van der Waals surface area contributed by atoms with Crippen LogP contribution in [-0.4, -0.2) is 29.8 Å². The van der Waals surface area contributed by atoms with Gasteiger partial charge in [0, 0.05) is 11.4 Å². The monoisotopic (exact) mass is 251 g/mol. The molecule has 0 bridgehead atoms. The van der Waals surface area contributed by atoms with Gasteiger partial charge in [-0.15, -0.1) is 11.3 Å². The van der Waals surface area contributed by atoms with Gasteiger partial charge in [0.05, 0.1) is 12.6 Å². The number of nitrogens with zero attached hydrogens (tertiary/aromatic N) is 2. The molecule has 0 saturated carbocycles. The molecule has 0 aromatic carbocycles. The summed E-state index contributed by atoms with van der Waals surface area (Å²) in [7, 11) is 0. The first kappa shape index (κ1) is 13.2. The Bertz CT molecular complexity index is 422. The number of carbonyl (C=O) groups is 2. The molecule has 1 heterocycles. The van der Waals surface area contributed by atoms with Crippen molar-refractivity contribution in [1.82, 2.24) is 10.2 Å². The predicted molar refractivity (Wildman–Crippen MR) is 64.0 cm³/mol. The average molecular weight is 251 g/mol. The van der Waals surface area contributed by atoms with Crippen LogP contribution in [0, 0.1) is 11.3 Å². The van der Waals surface area contributed by atoms with E-state index in [0.29, 0.717) is 13.1 Å². The van der Waals surface area contributed by atoms with Gasteiger partial charge < -0.3 is 10.2 Å². The summed E-state index contributed by atoms with van der Waals surface area (Å²) in [6, 6.07) is 5.56. The minimum atomic E-state index is -0.732. The van der Waals surface area contributed by atoms with Crippen molar-refractivity contribution in [1.29, 1.82) is 5.26 Å². The molecular weight excluding hydrogens is 238 g/mol. The van der Waals surface area contributed by atoms with Crippen molar-refractivity contribution in [2.45, 2.75) is 13.5 Å². The highest BCUT2D eigenvalue weighted by atomic mass is 32.1. The topological polar surface area (TPSA) is 73.2 Å². The lowest BCUT2D eigenvalue weighted by Crippen LogP contribution is -2.42. The molecule has 0 saturated heterocycles. The SMILES string of the molecule is CCN(Cc1cccs1)C(=O)C(=O)NCC#N. The Kier molecular flexibility index (Phi) is 5.17. The van der Waals surface area contributed by atoms with Gasteiger partial charge >= 0.3 is 11.8 Å². The van der Waals surface area contributed by atoms with Crippen LogP contribution in [0.5, 0.6) is 0 Å². The molecule has 1 rings (SSSR count). The maximum atomic E-state index is 11.7. The van der Waals surface area contributed by atoms with E-state index in [4.69, 9.17) is 5.26 Å². The lowest BCUT2D eigenvalue weighted by Gasteiger charge is -2.18. The molecule has 0 aliphatic heterocycles. The van der Waals surface area contributed by atoms with Crippen molar-refractivity contribution < 1.29 is 9.59 Å². The van der Waals surface area contributed by atoms with E-state index in [1.807, 2.05) is 24.4 Å². The van der Waals surface area contributed by atoms with Crippen LogP contribution in [0.3, 0.4) is 0 Å². The molecule has 0 aliphatic carbocycles. The second-order valence-corrected chi connectivity index (χ2v) is 4.27. The number of rotatable bonds is 4. The first-order chi connectivity index (χ1) is 8.19. The molecule has 0 radical (unpaired) electrons. The van der Waals surface area contributed by atoms with Gasteiger partial charge in [-0.05, 0) is 18.4 Å². The van der Waals surface area contributed by atoms with Crippen LogP contribution in [-0.2, 0) is 16.1 Å². The van der Waals surface area contributed by atoms with Crippen LogP contribution >= 0.6 is 11.3 Å². The molecule has 90 valence electrons. The fourth-order valence-corrected chi connectivity index (χ4v) is 1.98. The first-order valence-corrected chi connectivity index (χ1v) is 6.03. The number of carbonyl (C=O) groups excluding carboxylic acids is 2. The van der Waals surface area contributed by atoms with E-state index >= 15 is 0 Å². The zero-order chi connectivity index (χ0) is 12.7. The summed E-state index contributed by atoms with van der Waals surface area (Å²) in [5.41, 5.74) is 0. The summed E-state index contributed by atoms with van der Waals surface area (Å²) in [4.78, 5) is 25.6. The smallest absolute Gasteiger partial charge is 0.312 e. The fourth-order valence-electron chi connectivity index (χ4n) is 1.26. The van der Waals surface area contributed by atoms with Crippen molar-refractivity contribution in [3.63, 3.8) is 0 Å². The molecule has 1 N–H and O–H groups in total. The third-order valence-corrected chi connectivity index (χ3v) is 2.98. The molecule has 0 fully saturated rings. The minimum Gasteiger partial charge on any atom is -0.335 e. The van der Waals surface area contributed by atoms with E-state index in [1.54, 1.807) is 6.07 Å². The Balaban J connectivity index is 2.58. The fraction of sp³-hybridized carbons (Fsp3) is 0.364. The largest absolute Gasteiger partial charge is 0.335 e. The second-order valence-electron chi connectivity index (χ2n) is 3.24. The van der Waals surface area contributed by atoms with Gasteiger partial charge in [-0.25, -0.2) is 0 Å². The third-order valence-electron chi connectivity index (χ3n) is 2.12. The van der Waals surface area contributed by atoms with Crippen LogP contribution in [0.1, 0.15) is 11.8 Å². The van der Waals surface area contributed by atoms with E-state index in [9.17, 15) is 9.59 Å². The Morgan fingerprint density at radius 1 is 1.59 bits per heavy atom. The lowest BCUT2D eigenvalue weighted by atomic mass is 10.3. The van der Waals surface area contributed by atoms with Gasteiger partial charge in [-0.2, -0.15) is 5.26 Å². The average Bonchev–Trinajstić information content (AvgIpc) is 2.84. The highest BCUT2D eigenvalue weighted by Gasteiger charge is 2.20. The number of nitrogens with one attached hydrogen (secondary N) is 1. The third kappa shape index (κ3) is 3.89. The van der Waals surface area contributed by atoms with Gasteiger partial charge in [0.15, 0.2) is 0 Å². The van der Waals surface area contributed by atoms with Gasteiger partial charge in [0.25, 0.3) is 0 Å². The van der Waals surface area contributed by atoms with E-state index in [1.165, 1.54) is 16.2 Å². The highest BCUT2D eigenvalue weighted by molar-refractivity contribution is 7.09. The lowest BCUT2D eigenvalue weighted by molar-refractivity contribution is -0.145. The van der Waals surface area contributed by atoms with Crippen LogP contribution < -0.4 is 5.32 Å². The van der Waals surface area contributed by atoms with E-state index in [-0.39, 0.29) is 6.54 Å². The number of hydrogen-bond donors (Lipinski definition) is 1. The Morgan fingerprint density at radius 2 is 2.35 bits per heavy atom. The molecule has 0 atom stereocenters. The number of thiophene rings is 1. The summed E-state index contributed by atoms with van der Waals surface area (Å²) in [5.74, 6) is -1.33. The molecule has 17 heavy (non-hydrogen) atoms. The summed E-state index contributed by atoms with van der Waals surface area (Å²) in [6.45, 7) is 2.54. The molecule has 0 aliphatic rings. The molecule has 0 spiro atoms. The summed E-state index contributed by atoms with van der Waals surface area (Å²) in [5, 5.41) is 12.5. The maximum Gasteiger partial charge on any atom is 0.312 e. The Labute approximate surface area is 104 Å². The van der Waals surface area contributed by atoms with Crippen molar-refractivity contribution in [2.24, 2.45) is 0 Å². The van der Waals surface area contributed by atoms with Crippen molar-refractivity contribution >= 4 is 23.2 Å². The van der Waals surface area contributed by atoms with Crippen LogP contribution in [0.15, 0.2) is 17.5 Å². The molecule has 6 heteroatoms. The molecule has 1 aromatic rings. The molecule has 2 amide bonds. The maximum absolute atomic E-state index is 11.7. The van der Waals surface area contributed by atoms with Crippen LogP contribution in [0.4, 0.5) is 0 Å². The Morgan fingerprint density at radius 3 is 2.88 bits per heavy atom. The zero-order valence-electron chi connectivity index (χ0n) is 9.47. The number of likely N-dealkylation sites (N-methyl/N-ethyl adjacent to an activating group) is 1. The van der Waals surface area contributed by atoms with Crippen molar-refractivity contribution in [3.8, 4) is 6.07 Å². The normalized spacial score (nSPS) is 9.41. The van der Waals surface area contributed by atoms with E-state index in [2.05, 4.69) is 5.32 Å². The zero-order valence-corrected chi connectivity index (χ0v) is 10.3. The molecule has 0 unspecified atom stereocenters. The predicted octanol–water partition coefficient (Wildman–Crippen LogP) is 0.736. The van der Waals surface area contributed by atoms with Gasteiger partial charge in [-0.1, -0.05) is 6.07 Å². The summed E-state index contributed by atoms with van der Waals surface area (Å²) in [6.07, 6.45) is 0. The minimum absolute atomic E-state index is 0.152. The Hall–Kier alpha value is -1.87. The highest BCUT2D eigenvalue weighted by Crippen LogP contribution is 2.11. The number of hydrogen-bond acceptors (Lipinski definition) is 4. The molecule has 5 nitrogen and oxygen atoms in total. The first-order valence-electron chi connectivity index (χ1n) is 5.15. The molecule has 1 aromatic heterocycles. The number of amides is 2. The van der Waals surface area contributed by atoms with Gasteiger partial charge in [0.1, 0.15) is 6.54 Å².